The molecule has 3 aromatic carbocycles. The Morgan fingerprint density at radius 1 is 1.10 bits per heavy atom. The summed E-state index contributed by atoms with van der Waals surface area (Å²) in [6.07, 6.45) is -2.96. The number of anilines is 2. The summed E-state index contributed by atoms with van der Waals surface area (Å²) in [7, 11) is 2.89. The van der Waals surface area contributed by atoms with Gasteiger partial charge in [0.2, 0.25) is 6.10 Å². The lowest BCUT2D eigenvalue weighted by Crippen LogP contribution is -2.49. The van der Waals surface area contributed by atoms with Gasteiger partial charge < -0.3 is 34.6 Å². The number of para-hydroxylation sites is 1. The number of ether oxygens (including phenoxy) is 3. The Morgan fingerprint density at radius 3 is 2.48 bits per heavy atom. The summed E-state index contributed by atoms with van der Waals surface area (Å²) < 4.78 is 32.0. The van der Waals surface area contributed by atoms with Crippen LogP contribution in [0.25, 0.3) is 0 Å². The van der Waals surface area contributed by atoms with Crippen molar-refractivity contribution in [1.29, 1.82) is 0 Å². The van der Waals surface area contributed by atoms with E-state index in [0.717, 1.165) is 18.2 Å². The third-order valence-electron chi connectivity index (χ3n) is 6.76. The maximum Gasteiger partial charge on any atom is 0.335 e. The van der Waals surface area contributed by atoms with Crippen LogP contribution in [0.5, 0.6) is 11.5 Å². The molecule has 3 aromatic rings. The van der Waals surface area contributed by atoms with Crippen LogP contribution in [0.3, 0.4) is 0 Å². The molecule has 2 atom stereocenters. The molecule has 0 radical (unpaired) electrons. The molecule has 0 saturated carbocycles. The SMILES string of the molecule is COc1cccc([C@H]2O[C@H](C(=O)Nc3cc(C(=O)O)ccc3F)C(=O)N(CC(C)(C)CO)c3ccc(Cl)cc32)c1OC. The number of hydrogen-bond donors (Lipinski definition) is 3. The van der Waals surface area contributed by atoms with Crippen LogP contribution in [0.15, 0.2) is 54.6 Å². The first-order valence-electron chi connectivity index (χ1n) is 12.8. The average molecular weight is 601 g/mol. The molecule has 0 aromatic heterocycles. The van der Waals surface area contributed by atoms with Crippen molar-refractivity contribution >= 4 is 40.8 Å². The molecule has 222 valence electrons. The van der Waals surface area contributed by atoms with Gasteiger partial charge in [0, 0.05) is 40.4 Å². The first-order chi connectivity index (χ1) is 19.9. The monoisotopic (exact) mass is 600 g/mol. The number of rotatable bonds is 9. The van der Waals surface area contributed by atoms with Crippen LogP contribution in [0.2, 0.25) is 5.02 Å². The largest absolute Gasteiger partial charge is 0.493 e. The number of benzene rings is 3. The van der Waals surface area contributed by atoms with Gasteiger partial charge in [0.1, 0.15) is 11.9 Å². The van der Waals surface area contributed by atoms with Crippen molar-refractivity contribution in [3.8, 4) is 11.5 Å². The molecule has 12 heteroatoms. The fraction of sp³-hybridized carbons (Fsp3) is 0.300. The van der Waals surface area contributed by atoms with Gasteiger partial charge >= 0.3 is 5.97 Å². The Morgan fingerprint density at radius 2 is 1.83 bits per heavy atom. The van der Waals surface area contributed by atoms with Gasteiger partial charge in [-0.25, -0.2) is 9.18 Å². The van der Waals surface area contributed by atoms with Crippen molar-refractivity contribution < 1.29 is 43.2 Å². The summed E-state index contributed by atoms with van der Waals surface area (Å²) in [6.45, 7) is 3.19. The van der Waals surface area contributed by atoms with Crippen molar-refractivity contribution in [2.24, 2.45) is 5.41 Å². The van der Waals surface area contributed by atoms with Crippen molar-refractivity contribution in [3.63, 3.8) is 0 Å². The van der Waals surface area contributed by atoms with Crippen LogP contribution in [0, 0.1) is 11.2 Å². The predicted molar refractivity (Wildman–Crippen MR) is 153 cm³/mol. The molecule has 2 amide bonds. The predicted octanol–water partition coefficient (Wildman–Crippen LogP) is 4.67. The van der Waals surface area contributed by atoms with E-state index in [1.54, 1.807) is 50.2 Å². The number of aliphatic hydroxyl groups is 1. The second-order valence-electron chi connectivity index (χ2n) is 10.4. The molecule has 0 spiro atoms. The van der Waals surface area contributed by atoms with E-state index in [9.17, 15) is 29.0 Å². The third-order valence-corrected chi connectivity index (χ3v) is 7.00. The highest BCUT2D eigenvalue weighted by atomic mass is 35.5. The highest BCUT2D eigenvalue weighted by Crippen LogP contribution is 2.45. The van der Waals surface area contributed by atoms with Crippen LogP contribution in [0.1, 0.15) is 41.4 Å². The molecule has 0 aliphatic carbocycles. The lowest BCUT2D eigenvalue weighted by atomic mass is 9.92. The van der Waals surface area contributed by atoms with E-state index in [1.807, 2.05) is 0 Å². The van der Waals surface area contributed by atoms with Gasteiger partial charge in [0.15, 0.2) is 11.5 Å². The first kappa shape index (κ1) is 30.8. The molecule has 0 fully saturated rings. The minimum Gasteiger partial charge on any atom is -0.493 e. The number of carbonyl (C=O) groups is 3. The number of aliphatic hydroxyl groups excluding tert-OH is 1. The minimum atomic E-state index is -1.85. The number of carboxylic acids is 1. The number of carbonyl (C=O) groups excluding carboxylic acids is 2. The van der Waals surface area contributed by atoms with Crippen molar-refractivity contribution in [3.05, 3.63) is 82.1 Å². The van der Waals surface area contributed by atoms with Crippen LogP contribution < -0.4 is 19.7 Å². The van der Waals surface area contributed by atoms with Crippen LogP contribution in [-0.2, 0) is 14.3 Å². The van der Waals surface area contributed by atoms with Gasteiger partial charge in [-0.2, -0.15) is 0 Å². The van der Waals surface area contributed by atoms with E-state index in [4.69, 9.17) is 25.8 Å². The van der Waals surface area contributed by atoms with Gasteiger partial charge in [-0.05, 0) is 42.5 Å². The summed E-state index contributed by atoms with van der Waals surface area (Å²) in [4.78, 5) is 40.6. The summed E-state index contributed by atoms with van der Waals surface area (Å²) in [6, 6.07) is 12.7. The zero-order valence-corrected chi connectivity index (χ0v) is 24.1. The minimum absolute atomic E-state index is 0.0189. The zero-order valence-electron chi connectivity index (χ0n) is 23.3. The Balaban J connectivity index is 1.90. The topological polar surface area (TPSA) is 135 Å². The number of hydrogen-bond acceptors (Lipinski definition) is 7. The smallest absolute Gasteiger partial charge is 0.335 e. The molecule has 1 aliphatic rings. The van der Waals surface area contributed by atoms with Gasteiger partial charge in [0.05, 0.1) is 25.5 Å². The van der Waals surface area contributed by atoms with Gasteiger partial charge in [0.25, 0.3) is 11.8 Å². The Kier molecular flexibility index (Phi) is 9.05. The maximum absolute atomic E-state index is 14.6. The maximum atomic E-state index is 14.6. The molecule has 0 saturated heterocycles. The molecular formula is C30H30ClFN2O8. The number of methoxy groups -OCH3 is 2. The normalized spacial score (nSPS) is 16.8. The van der Waals surface area contributed by atoms with E-state index < -0.39 is 46.9 Å². The second-order valence-corrected chi connectivity index (χ2v) is 10.9. The van der Waals surface area contributed by atoms with Gasteiger partial charge in [-0.3, -0.25) is 9.59 Å². The zero-order chi connectivity index (χ0) is 30.8. The molecule has 1 aliphatic heterocycles. The standard InChI is InChI=1S/C30H30ClFN2O8/c1-30(2,15-35)14-34-22-11-9-17(31)13-19(22)24(18-6-5-7-23(40-3)25(18)41-4)42-26(28(34)37)27(36)33-21-12-16(29(38)39)8-10-20(21)32/h5-13,24,26,35H,14-15H2,1-4H3,(H,33,36)(H,38,39)/t24-,26-/m1/s1. The number of amides is 2. The summed E-state index contributed by atoms with van der Waals surface area (Å²) in [5, 5.41) is 22.0. The average Bonchev–Trinajstić information content (AvgIpc) is 3.07. The van der Waals surface area contributed by atoms with Crippen molar-refractivity contribution in [2.45, 2.75) is 26.1 Å². The van der Waals surface area contributed by atoms with E-state index in [2.05, 4.69) is 5.32 Å². The highest BCUT2D eigenvalue weighted by Gasteiger charge is 2.43. The van der Waals surface area contributed by atoms with E-state index in [-0.39, 0.29) is 24.5 Å². The Hall–Kier alpha value is -4.19. The highest BCUT2D eigenvalue weighted by molar-refractivity contribution is 6.30. The van der Waals surface area contributed by atoms with Crippen molar-refractivity contribution in [1.82, 2.24) is 0 Å². The van der Waals surface area contributed by atoms with Gasteiger partial charge in [-0.15, -0.1) is 0 Å². The summed E-state index contributed by atoms with van der Waals surface area (Å²) in [5.41, 5.74) is -0.316. The number of fused-ring (bicyclic) bond motifs is 1. The molecule has 0 unspecified atom stereocenters. The van der Waals surface area contributed by atoms with Crippen molar-refractivity contribution in [2.75, 3.05) is 37.6 Å². The van der Waals surface area contributed by atoms with Gasteiger partial charge in [-0.1, -0.05) is 37.6 Å². The molecule has 1 heterocycles. The molecular weight excluding hydrogens is 571 g/mol. The van der Waals surface area contributed by atoms with Crippen LogP contribution in [-0.4, -0.2) is 61.5 Å². The number of nitrogens with one attached hydrogen (secondary N) is 1. The van der Waals surface area contributed by atoms with Crippen LogP contribution >= 0.6 is 11.6 Å². The fourth-order valence-corrected chi connectivity index (χ4v) is 4.82. The second kappa shape index (κ2) is 12.4. The quantitative estimate of drug-likeness (QED) is 0.302. The Labute approximate surface area is 246 Å². The molecule has 42 heavy (non-hydrogen) atoms. The first-order valence-corrected chi connectivity index (χ1v) is 13.2. The lowest BCUT2D eigenvalue weighted by Gasteiger charge is -2.32. The van der Waals surface area contributed by atoms with Crippen LogP contribution in [0.4, 0.5) is 15.8 Å². The van der Waals surface area contributed by atoms with E-state index in [1.165, 1.54) is 19.1 Å². The van der Waals surface area contributed by atoms with E-state index in [0.29, 0.717) is 27.6 Å². The third kappa shape index (κ3) is 6.18. The number of carboxylic acid groups (broad SMARTS) is 1. The molecule has 10 nitrogen and oxygen atoms in total. The number of halogens is 2. The molecule has 0 bridgehead atoms. The molecule has 3 N–H and O–H groups in total. The fourth-order valence-electron chi connectivity index (χ4n) is 4.64. The lowest BCUT2D eigenvalue weighted by molar-refractivity contribution is -0.143. The number of aromatic carboxylic acids is 1. The summed E-state index contributed by atoms with van der Waals surface area (Å²) >= 11 is 6.40. The molecule has 4 rings (SSSR count). The van der Waals surface area contributed by atoms with E-state index >= 15 is 0 Å². The summed E-state index contributed by atoms with van der Waals surface area (Å²) in [5.74, 6) is -3.43. The number of nitrogens with zero attached hydrogens (tertiary/aromatic N) is 1. The Bertz CT molecular complexity index is 1530.